The smallest absolute Gasteiger partial charge is 0.227 e. The fourth-order valence-corrected chi connectivity index (χ4v) is 2.89. The summed E-state index contributed by atoms with van der Waals surface area (Å²) < 4.78 is 12.7. The van der Waals surface area contributed by atoms with Gasteiger partial charge in [-0.15, -0.1) is 0 Å². The van der Waals surface area contributed by atoms with Gasteiger partial charge < -0.3 is 21.4 Å². The van der Waals surface area contributed by atoms with Gasteiger partial charge in [0.25, 0.3) is 0 Å². The highest BCUT2D eigenvalue weighted by Crippen LogP contribution is 2.24. The first-order chi connectivity index (χ1) is 12.9. The standard InChI is InChI=1S/C11H13N3O.C8H7ClFNO/c12-7-8-6-9(3-4-10(8)13)14-5-1-2-11(14)15;9-7-1-6(4-11-5-12)2-8(10)3-7/h3-4,6-7,12H,1-2,5,13H2;1-3,5H,4H2,(H,11,12). The van der Waals surface area contributed by atoms with Crippen molar-refractivity contribution in [1.82, 2.24) is 5.32 Å². The Morgan fingerprint density at radius 1 is 1.30 bits per heavy atom. The number of rotatable bonds is 5. The fraction of sp³-hybridized carbons (Fsp3) is 0.211. The first-order valence-corrected chi connectivity index (χ1v) is 8.64. The van der Waals surface area contributed by atoms with Crippen LogP contribution in [0.5, 0.6) is 0 Å². The Bertz CT molecular complexity index is 824. The third kappa shape index (κ3) is 5.79. The Labute approximate surface area is 161 Å². The SMILES string of the molecule is N=Cc1cc(N2CCCC2=O)ccc1N.O=CNCc1cc(F)cc(Cl)c1. The quantitative estimate of drug-likeness (QED) is 0.415. The summed E-state index contributed by atoms with van der Waals surface area (Å²) in [6.45, 7) is 1.06. The number of nitrogens with zero attached hydrogens (tertiary/aromatic N) is 1. The van der Waals surface area contributed by atoms with Crippen molar-refractivity contribution in [3.8, 4) is 0 Å². The zero-order chi connectivity index (χ0) is 19.8. The molecular formula is C19H20ClFN4O2. The summed E-state index contributed by atoms with van der Waals surface area (Å²) in [5, 5.41) is 9.94. The van der Waals surface area contributed by atoms with Crippen LogP contribution in [0.15, 0.2) is 36.4 Å². The number of benzene rings is 2. The van der Waals surface area contributed by atoms with Gasteiger partial charge in [0.15, 0.2) is 0 Å². The summed E-state index contributed by atoms with van der Waals surface area (Å²) in [7, 11) is 0. The van der Waals surface area contributed by atoms with E-state index in [-0.39, 0.29) is 5.91 Å². The van der Waals surface area contributed by atoms with Crippen LogP contribution in [0, 0.1) is 11.2 Å². The van der Waals surface area contributed by atoms with Crippen molar-refractivity contribution >= 4 is 41.5 Å². The number of nitrogens with two attached hydrogens (primary N) is 1. The van der Waals surface area contributed by atoms with Gasteiger partial charge in [0.05, 0.1) is 0 Å². The first-order valence-electron chi connectivity index (χ1n) is 8.27. The molecule has 2 aromatic rings. The Morgan fingerprint density at radius 2 is 2.07 bits per heavy atom. The summed E-state index contributed by atoms with van der Waals surface area (Å²) >= 11 is 5.57. The van der Waals surface area contributed by atoms with Crippen LogP contribution in [0.4, 0.5) is 15.8 Å². The molecule has 4 N–H and O–H groups in total. The van der Waals surface area contributed by atoms with Crippen molar-refractivity contribution < 1.29 is 14.0 Å². The maximum Gasteiger partial charge on any atom is 0.227 e. The van der Waals surface area contributed by atoms with Gasteiger partial charge in [0.2, 0.25) is 12.3 Å². The van der Waals surface area contributed by atoms with Crippen LogP contribution in [0.3, 0.4) is 0 Å². The zero-order valence-corrected chi connectivity index (χ0v) is 15.3. The zero-order valence-electron chi connectivity index (χ0n) is 14.5. The lowest BCUT2D eigenvalue weighted by Crippen LogP contribution is -2.23. The largest absolute Gasteiger partial charge is 0.398 e. The highest BCUT2D eigenvalue weighted by Gasteiger charge is 2.21. The topological polar surface area (TPSA) is 99.3 Å². The Morgan fingerprint density at radius 3 is 2.67 bits per heavy atom. The monoisotopic (exact) mass is 390 g/mol. The Hall–Kier alpha value is -2.93. The van der Waals surface area contributed by atoms with Crippen molar-refractivity contribution in [2.24, 2.45) is 0 Å². The molecule has 0 atom stereocenters. The molecule has 1 saturated heterocycles. The van der Waals surface area contributed by atoms with Gasteiger partial charge in [-0.2, -0.15) is 0 Å². The number of hydrogen-bond acceptors (Lipinski definition) is 4. The molecule has 2 aromatic carbocycles. The molecule has 3 rings (SSSR count). The minimum atomic E-state index is -0.398. The predicted molar refractivity (Wildman–Crippen MR) is 105 cm³/mol. The molecule has 0 radical (unpaired) electrons. The van der Waals surface area contributed by atoms with Gasteiger partial charge in [-0.1, -0.05) is 11.6 Å². The molecule has 8 heteroatoms. The number of anilines is 2. The van der Waals surface area contributed by atoms with Crippen LogP contribution in [-0.2, 0) is 16.1 Å². The van der Waals surface area contributed by atoms with E-state index in [1.54, 1.807) is 23.1 Å². The number of amides is 2. The van der Waals surface area contributed by atoms with Crippen LogP contribution in [-0.4, -0.2) is 25.1 Å². The molecule has 2 amide bonds. The van der Waals surface area contributed by atoms with Gasteiger partial charge in [0, 0.05) is 47.7 Å². The van der Waals surface area contributed by atoms with Crippen LogP contribution in [0.2, 0.25) is 5.02 Å². The van der Waals surface area contributed by atoms with Gasteiger partial charge >= 0.3 is 0 Å². The third-order valence-electron chi connectivity index (χ3n) is 3.92. The van der Waals surface area contributed by atoms with E-state index in [4.69, 9.17) is 22.7 Å². The molecule has 0 aromatic heterocycles. The second-order valence-corrected chi connectivity index (χ2v) is 6.32. The molecule has 1 aliphatic rings. The van der Waals surface area contributed by atoms with Crippen molar-refractivity contribution in [1.29, 1.82) is 5.41 Å². The van der Waals surface area contributed by atoms with E-state index in [0.717, 1.165) is 18.7 Å². The van der Waals surface area contributed by atoms with Crippen LogP contribution >= 0.6 is 11.6 Å². The summed E-state index contributed by atoms with van der Waals surface area (Å²) in [4.78, 5) is 23.1. The summed E-state index contributed by atoms with van der Waals surface area (Å²) in [5.74, 6) is -0.249. The van der Waals surface area contributed by atoms with E-state index in [1.165, 1.54) is 18.3 Å². The number of nitrogen functional groups attached to an aromatic ring is 1. The fourth-order valence-electron chi connectivity index (χ4n) is 2.65. The van der Waals surface area contributed by atoms with E-state index in [0.29, 0.717) is 41.2 Å². The van der Waals surface area contributed by atoms with Gasteiger partial charge in [-0.05, 0) is 48.4 Å². The molecule has 0 bridgehead atoms. The van der Waals surface area contributed by atoms with Crippen molar-refractivity contribution in [2.45, 2.75) is 19.4 Å². The molecule has 1 aliphatic heterocycles. The Kier molecular flexibility index (Phi) is 7.31. The van der Waals surface area contributed by atoms with Crippen LogP contribution < -0.4 is 16.0 Å². The first kappa shape index (κ1) is 20.4. The molecule has 6 nitrogen and oxygen atoms in total. The third-order valence-corrected chi connectivity index (χ3v) is 4.14. The van der Waals surface area contributed by atoms with E-state index in [2.05, 4.69) is 5.32 Å². The lowest BCUT2D eigenvalue weighted by atomic mass is 10.1. The molecule has 1 heterocycles. The van der Waals surface area contributed by atoms with Crippen molar-refractivity contribution in [2.75, 3.05) is 17.2 Å². The van der Waals surface area contributed by atoms with Crippen LogP contribution in [0.1, 0.15) is 24.0 Å². The minimum absolute atomic E-state index is 0.149. The molecular weight excluding hydrogens is 371 g/mol. The average Bonchev–Trinajstić information content (AvgIpc) is 3.06. The molecule has 0 saturated carbocycles. The lowest BCUT2D eigenvalue weighted by Gasteiger charge is -2.16. The molecule has 142 valence electrons. The van der Waals surface area contributed by atoms with E-state index in [9.17, 15) is 14.0 Å². The highest BCUT2D eigenvalue weighted by atomic mass is 35.5. The number of halogens is 2. The van der Waals surface area contributed by atoms with E-state index in [1.807, 2.05) is 6.07 Å². The lowest BCUT2D eigenvalue weighted by molar-refractivity contribution is -0.117. The maximum atomic E-state index is 12.7. The van der Waals surface area contributed by atoms with Crippen molar-refractivity contribution in [3.63, 3.8) is 0 Å². The average molecular weight is 391 g/mol. The summed E-state index contributed by atoms with van der Waals surface area (Å²) in [5.41, 5.74) is 8.39. The van der Waals surface area contributed by atoms with Gasteiger partial charge in [-0.3, -0.25) is 9.59 Å². The molecule has 27 heavy (non-hydrogen) atoms. The number of carbonyl (C=O) groups excluding carboxylic acids is 2. The molecule has 0 aliphatic carbocycles. The summed E-state index contributed by atoms with van der Waals surface area (Å²) in [6, 6.07) is 9.48. The highest BCUT2D eigenvalue weighted by molar-refractivity contribution is 6.30. The second-order valence-electron chi connectivity index (χ2n) is 5.88. The van der Waals surface area contributed by atoms with E-state index < -0.39 is 5.82 Å². The van der Waals surface area contributed by atoms with Gasteiger partial charge in [-0.25, -0.2) is 4.39 Å². The van der Waals surface area contributed by atoms with E-state index >= 15 is 0 Å². The Balaban J connectivity index is 0.000000199. The van der Waals surface area contributed by atoms with Crippen LogP contribution in [0.25, 0.3) is 0 Å². The number of hydrogen-bond donors (Lipinski definition) is 3. The predicted octanol–water partition coefficient (Wildman–Crippen LogP) is 3.12. The summed E-state index contributed by atoms with van der Waals surface area (Å²) in [6.07, 6.45) is 3.28. The van der Waals surface area contributed by atoms with Crippen molar-refractivity contribution in [3.05, 3.63) is 58.4 Å². The maximum absolute atomic E-state index is 12.7. The normalized spacial score (nSPS) is 13.0. The second kappa shape index (κ2) is 9.68. The minimum Gasteiger partial charge on any atom is -0.398 e. The molecule has 0 spiro atoms. The number of nitrogens with one attached hydrogen (secondary N) is 2. The van der Waals surface area contributed by atoms with Gasteiger partial charge in [0.1, 0.15) is 5.82 Å². The number of carbonyl (C=O) groups is 2. The molecule has 1 fully saturated rings. The molecule has 0 unspecified atom stereocenters.